The third kappa shape index (κ3) is 3.52. The fourth-order valence-electron chi connectivity index (χ4n) is 2.09. The van der Waals surface area contributed by atoms with E-state index in [1.54, 1.807) is 24.4 Å². The van der Waals surface area contributed by atoms with Gasteiger partial charge >= 0.3 is 5.97 Å². The Labute approximate surface area is 146 Å². The molecule has 0 unspecified atom stereocenters. The van der Waals surface area contributed by atoms with Gasteiger partial charge in [0.15, 0.2) is 5.13 Å². The molecule has 2 aromatic heterocycles. The zero-order valence-corrected chi connectivity index (χ0v) is 13.4. The summed E-state index contributed by atoms with van der Waals surface area (Å²) < 4.78 is 0. The lowest BCUT2D eigenvalue weighted by Gasteiger charge is -2.02. The van der Waals surface area contributed by atoms with Gasteiger partial charge in [0.25, 0.3) is 5.91 Å². The number of carboxylic acids is 1. The zero-order chi connectivity index (χ0) is 17.8. The molecule has 0 aliphatic heterocycles. The van der Waals surface area contributed by atoms with E-state index < -0.39 is 11.9 Å². The summed E-state index contributed by atoms with van der Waals surface area (Å²) in [4.78, 5) is 32.0. The molecule has 0 saturated heterocycles. The number of rotatable bonds is 4. The number of hydrogen-bond donors (Lipinski definition) is 2. The predicted octanol–water partition coefficient (Wildman–Crippen LogP) is 3.03. The molecule has 0 bridgehead atoms. The summed E-state index contributed by atoms with van der Waals surface area (Å²) in [6.07, 6.45) is 1.59. The molecule has 0 spiro atoms. The van der Waals surface area contributed by atoms with Crippen LogP contribution in [0.25, 0.3) is 11.4 Å². The van der Waals surface area contributed by atoms with E-state index in [2.05, 4.69) is 15.3 Å². The molecule has 0 saturated carbocycles. The fourth-order valence-corrected chi connectivity index (χ4v) is 2.86. The highest BCUT2D eigenvalue weighted by Crippen LogP contribution is 2.29. The number of nitrogens with zero attached hydrogens (tertiary/aromatic N) is 3. The molecule has 0 aliphatic carbocycles. The van der Waals surface area contributed by atoms with Crippen molar-refractivity contribution in [1.29, 1.82) is 5.26 Å². The molecule has 1 amide bonds. The minimum atomic E-state index is -1.12. The quantitative estimate of drug-likeness (QED) is 0.747. The third-order valence-electron chi connectivity index (χ3n) is 3.23. The van der Waals surface area contributed by atoms with Crippen LogP contribution >= 0.6 is 11.3 Å². The van der Waals surface area contributed by atoms with Crippen molar-refractivity contribution in [2.24, 2.45) is 0 Å². The smallest absolute Gasteiger partial charge is 0.335 e. The number of thiazole rings is 1. The molecule has 122 valence electrons. The van der Waals surface area contributed by atoms with Crippen LogP contribution in [0.4, 0.5) is 5.13 Å². The maximum absolute atomic E-state index is 12.3. The summed E-state index contributed by atoms with van der Waals surface area (Å²) >= 11 is 1.03. The Morgan fingerprint density at radius 2 is 1.96 bits per heavy atom. The van der Waals surface area contributed by atoms with Crippen molar-refractivity contribution in [3.05, 3.63) is 64.7 Å². The molecular weight excluding hydrogens is 340 g/mol. The third-order valence-corrected chi connectivity index (χ3v) is 4.10. The highest BCUT2D eigenvalue weighted by molar-refractivity contribution is 7.16. The van der Waals surface area contributed by atoms with Crippen molar-refractivity contribution in [2.75, 3.05) is 5.32 Å². The Bertz CT molecular complexity index is 993. The average molecular weight is 350 g/mol. The van der Waals surface area contributed by atoms with Crippen LogP contribution < -0.4 is 5.32 Å². The van der Waals surface area contributed by atoms with E-state index in [1.807, 2.05) is 6.07 Å². The van der Waals surface area contributed by atoms with Gasteiger partial charge in [-0.3, -0.25) is 15.1 Å². The van der Waals surface area contributed by atoms with Gasteiger partial charge < -0.3 is 5.11 Å². The maximum atomic E-state index is 12.3. The normalized spacial score (nSPS) is 10.0. The number of amides is 1. The lowest BCUT2D eigenvalue weighted by atomic mass is 10.1. The van der Waals surface area contributed by atoms with E-state index in [9.17, 15) is 14.9 Å². The van der Waals surface area contributed by atoms with Crippen molar-refractivity contribution in [3.8, 4) is 17.5 Å². The number of carboxylic acid groups (broad SMARTS) is 1. The monoisotopic (exact) mass is 350 g/mol. The number of carbonyl (C=O) groups excluding carboxylic acids is 1. The second-order valence-electron chi connectivity index (χ2n) is 4.86. The van der Waals surface area contributed by atoms with E-state index in [1.165, 1.54) is 24.3 Å². The number of aromatic carboxylic acids is 1. The molecule has 0 aliphatic rings. The summed E-state index contributed by atoms with van der Waals surface area (Å²) in [5.74, 6) is -1.62. The number of benzene rings is 1. The van der Waals surface area contributed by atoms with Crippen LogP contribution in [0.2, 0.25) is 0 Å². The van der Waals surface area contributed by atoms with Gasteiger partial charge in [-0.1, -0.05) is 23.5 Å². The van der Waals surface area contributed by atoms with E-state index in [0.29, 0.717) is 16.3 Å². The minimum Gasteiger partial charge on any atom is -0.478 e. The van der Waals surface area contributed by atoms with Crippen LogP contribution in [0.5, 0.6) is 0 Å². The Balaban J connectivity index is 1.88. The first-order chi connectivity index (χ1) is 12.1. The van der Waals surface area contributed by atoms with E-state index in [0.717, 1.165) is 11.3 Å². The first-order valence-corrected chi connectivity index (χ1v) is 7.87. The number of nitrogens with one attached hydrogen (secondary N) is 1. The van der Waals surface area contributed by atoms with Gasteiger partial charge in [0.2, 0.25) is 0 Å². The number of aromatic nitrogens is 2. The van der Waals surface area contributed by atoms with E-state index in [4.69, 9.17) is 5.11 Å². The summed E-state index contributed by atoms with van der Waals surface area (Å²) in [6, 6.07) is 12.9. The summed E-state index contributed by atoms with van der Waals surface area (Å²) in [5, 5.41) is 21.1. The number of carbonyl (C=O) groups is 2. The molecule has 7 nitrogen and oxygen atoms in total. The van der Waals surface area contributed by atoms with Crippen molar-refractivity contribution in [2.45, 2.75) is 0 Å². The van der Waals surface area contributed by atoms with Gasteiger partial charge in [-0.25, -0.2) is 9.78 Å². The number of hydrogen-bond acceptors (Lipinski definition) is 6. The van der Waals surface area contributed by atoms with Crippen LogP contribution in [0.15, 0.2) is 48.7 Å². The highest BCUT2D eigenvalue weighted by atomic mass is 32.1. The molecule has 3 rings (SSSR count). The first-order valence-electron chi connectivity index (χ1n) is 7.05. The van der Waals surface area contributed by atoms with Crippen molar-refractivity contribution < 1.29 is 14.7 Å². The van der Waals surface area contributed by atoms with Gasteiger partial charge in [0.05, 0.1) is 11.3 Å². The van der Waals surface area contributed by atoms with Gasteiger partial charge in [0.1, 0.15) is 16.6 Å². The number of pyridine rings is 1. The molecule has 0 atom stereocenters. The van der Waals surface area contributed by atoms with Crippen LogP contribution in [-0.4, -0.2) is 27.0 Å². The zero-order valence-electron chi connectivity index (χ0n) is 12.6. The molecule has 3 aromatic rings. The highest BCUT2D eigenvalue weighted by Gasteiger charge is 2.16. The standard InChI is InChI=1S/C17H10N4O3S/c18-9-13-14(12-6-1-2-7-19-12)20-17(25-13)21-15(22)10-4-3-5-11(8-10)16(23)24/h1-8H,(H,23,24)(H,20,21,22). The number of nitriles is 1. The lowest BCUT2D eigenvalue weighted by Crippen LogP contribution is -2.12. The van der Waals surface area contributed by atoms with Crippen molar-refractivity contribution in [1.82, 2.24) is 9.97 Å². The number of anilines is 1. The minimum absolute atomic E-state index is 0.0127. The van der Waals surface area contributed by atoms with Crippen LogP contribution in [0.1, 0.15) is 25.6 Å². The maximum Gasteiger partial charge on any atom is 0.335 e. The van der Waals surface area contributed by atoms with E-state index >= 15 is 0 Å². The Morgan fingerprint density at radius 1 is 1.16 bits per heavy atom. The SMILES string of the molecule is N#Cc1sc(NC(=O)c2cccc(C(=O)O)c2)nc1-c1ccccn1. The predicted molar refractivity (Wildman–Crippen MR) is 91.4 cm³/mol. The van der Waals surface area contributed by atoms with E-state index in [-0.39, 0.29) is 16.3 Å². The van der Waals surface area contributed by atoms with Crippen LogP contribution in [0.3, 0.4) is 0 Å². The Hall–Kier alpha value is -3.57. The first kappa shape index (κ1) is 16.3. The largest absolute Gasteiger partial charge is 0.478 e. The molecular formula is C17H10N4O3S. The Morgan fingerprint density at radius 3 is 2.64 bits per heavy atom. The van der Waals surface area contributed by atoms with Crippen molar-refractivity contribution in [3.63, 3.8) is 0 Å². The molecule has 8 heteroatoms. The second kappa shape index (κ2) is 6.90. The summed E-state index contributed by atoms with van der Waals surface area (Å²) in [5.41, 5.74) is 1.12. The summed E-state index contributed by atoms with van der Waals surface area (Å²) in [7, 11) is 0. The lowest BCUT2D eigenvalue weighted by molar-refractivity contribution is 0.0697. The van der Waals surface area contributed by atoms with Gasteiger partial charge in [-0.15, -0.1) is 0 Å². The van der Waals surface area contributed by atoms with Crippen molar-refractivity contribution >= 4 is 28.3 Å². The molecule has 0 fully saturated rings. The molecule has 2 N–H and O–H groups in total. The van der Waals surface area contributed by atoms with Crippen LogP contribution in [-0.2, 0) is 0 Å². The molecule has 2 heterocycles. The van der Waals surface area contributed by atoms with Gasteiger partial charge in [0, 0.05) is 11.8 Å². The Kier molecular flexibility index (Phi) is 4.50. The van der Waals surface area contributed by atoms with Gasteiger partial charge in [-0.05, 0) is 30.3 Å². The molecule has 1 aromatic carbocycles. The molecule has 0 radical (unpaired) electrons. The summed E-state index contributed by atoms with van der Waals surface area (Å²) in [6.45, 7) is 0. The topological polar surface area (TPSA) is 116 Å². The molecule has 25 heavy (non-hydrogen) atoms. The average Bonchev–Trinajstić information content (AvgIpc) is 3.05. The van der Waals surface area contributed by atoms with Gasteiger partial charge in [-0.2, -0.15) is 5.26 Å². The second-order valence-corrected chi connectivity index (χ2v) is 5.86. The fraction of sp³-hybridized carbons (Fsp3) is 0. The van der Waals surface area contributed by atoms with Crippen LogP contribution in [0, 0.1) is 11.3 Å².